The molecule has 8 nitrogen and oxygen atoms in total. The van der Waals surface area contributed by atoms with Crippen LogP contribution in [0.25, 0.3) is 0 Å². The van der Waals surface area contributed by atoms with Gasteiger partial charge in [-0.25, -0.2) is 4.79 Å². The van der Waals surface area contributed by atoms with Crippen molar-refractivity contribution in [1.82, 2.24) is 10.2 Å². The standard InChI is InChI=1S/C12H22N2O6/c1-12(18,4-10(15)16)7-13-11(17)14-5-8(19-2)9(6-14)20-3/h8-9,18H,4-7H2,1-3H3,(H,13,17)(H,15,16). The van der Waals surface area contributed by atoms with Crippen molar-refractivity contribution in [1.29, 1.82) is 0 Å². The maximum atomic E-state index is 11.9. The van der Waals surface area contributed by atoms with Gasteiger partial charge in [-0.15, -0.1) is 0 Å². The van der Waals surface area contributed by atoms with Gasteiger partial charge in [-0.2, -0.15) is 0 Å². The average molecular weight is 290 g/mol. The average Bonchev–Trinajstić information content (AvgIpc) is 2.77. The van der Waals surface area contributed by atoms with Crippen LogP contribution in [0.5, 0.6) is 0 Å². The van der Waals surface area contributed by atoms with Crippen LogP contribution in [0.4, 0.5) is 4.79 Å². The number of nitrogens with one attached hydrogen (secondary N) is 1. The van der Waals surface area contributed by atoms with Gasteiger partial charge in [0.15, 0.2) is 0 Å². The molecule has 0 aromatic rings. The second kappa shape index (κ2) is 6.87. The lowest BCUT2D eigenvalue weighted by Crippen LogP contribution is -2.47. The summed E-state index contributed by atoms with van der Waals surface area (Å²) in [4.78, 5) is 24.0. The molecule has 1 aliphatic rings. The van der Waals surface area contributed by atoms with Gasteiger partial charge < -0.3 is 29.9 Å². The topological polar surface area (TPSA) is 108 Å². The Bertz CT molecular complexity index is 348. The van der Waals surface area contributed by atoms with Crippen molar-refractivity contribution in [3.63, 3.8) is 0 Å². The summed E-state index contributed by atoms with van der Waals surface area (Å²) >= 11 is 0. The fraction of sp³-hybridized carbons (Fsp3) is 0.833. The Balaban J connectivity index is 2.46. The summed E-state index contributed by atoms with van der Waals surface area (Å²) in [5.41, 5.74) is -1.48. The van der Waals surface area contributed by atoms with Crippen LogP contribution in [-0.4, -0.2) is 78.8 Å². The molecule has 2 amide bonds. The molecule has 0 aliphatic carbocycles. The van der Waals surface area contributed by atoms with E-state index in [4.69, 9.17) is 14.6 Å². The first kappa shape index (κ1) is 16.7. The minimum absolute atomic E-state index is 0.135. The van der Waals surface area contributed by atoms with E-state index >= 15 is 0 Å². The lowest BCUT2D eigenvalue weighted by Gasteiger charge is -2.24. The van der Waals surface area contributed by atoms with E-state index in [0.29, 0.717) is 13.1 Å². The number of aliphatic hydroxyl groups is 1. The molecule has 1 rings (SSSR count). The molecule has 3 unspecified atom stereocenters. The zero-order chi connectivity index (χ0) is 15.3. The van der Waals surface area contributed by atoms with Gasteiger partial charge >= 0.3 is 12.0 Å². The van der Waals surface area contributed by atoms with Crippen molar-refractivity contribution in [3.05, 3.63) is 0 Å². The molecular formula is C12H22N2O6. The highest BCUT2D eigenvalue weighted by atomic mass is 16.5. The highest BCUT2D eigenvalue weighted by molar-refractivity contribution is 5.75. The van der Waals surface area contributed by atoms with Gasteiger partial charge in [0.1, 0.15) is 12.2 Å². The van der Waals surface area contributed by atoms with Gasteiger partial charge in [-0.1, -0.05) is 0 Å². The third-order valence-corrected chi connectivity index (χ3v) is 3.26. The lowest BCUT2D eigenvalue weighted by molar-refractivity contribution is -0.141. The number of likely N-dealkylation sites (tertiary alicyclic amines) is 1. The van der Waals surface area contributed by atoms with Gasteiger partial charge in [0, 0.05) is 20.8 Å². The van der Waals surface area contributed by atoms with Crippen LogP contribution in [0.2, 0.25) is 0 Å². The summed E-state index contributed by atoms with van der Waals surface area (Å²) in [7, 11) is 3.10. The Labute approximate surface area is 117 Å². The molecule has 3 N–H and O–H groups in total. The third-order valence-electron chi connectivity index (χ3n) is 3.26. The first-order valence-corrected chi connectivity index (χ1v) is 6.31. The zero-order valence-corrected chi connectivity index (χ0v) is 12.0. The number of methoxy groups -OCH3 is 2. The second-order valence-electron chi connectivity index (χ2n) is 5.18. The Morgan fingerprint density at radius 1 is 1.30 bits per heavy atom. The highest BCUT2D eigenvalue weighted by Crippen LogP contribution is 2.16. The Morgan fingerprint density at radius 2 is 1.80 bits per heavy atom. The number of aliphatic carboxylic acids is 1. The molecule has 0 spiro atoms. The molecule has 0 radical (unpaired) electrons. The van der Waals surface area contributed by atoms with Crippen LogP contribution in [0, 0.1) is 0 Å². The number of urea groups is 1. The molecule has 1 saturated heterocycles. The van der Waals surface area contributed by atoms with E-state index in [0.717, 1.165) is 0 Å². The Morgan fingerprint density at radius 3 is 2.20 bits per heavy atom. The molecule has 1 fully saturated rings. The third kappa shape index (κ3) is 4.62. The van der Waals surface area contributed by atoms with Crippen molar-refractivity contribution in [2.75, 3.05) is 33.9 Å². The lowest BCUT2D eigenvalue weighted by atomic mass is 10.0. The maximum Gasteiger partial charge on any atom is 0.317 e. The molecule has 0 aromatic carbocycles. The number of carbonyl (C=O) groups excluding carboxylic acids is 1. The highest BCUT2D eigenvalue weighted by Gasteiger charge is 2.36. The number of carboxylic acid groups (broad SMARTS) is 1. The largest absolute Gasteiger partial charge is 0.481 e. The van der Waals surface area contributed by atoms with E-state index in [1.54, 1.807) is 14.2 Å². The predicted octanol–water partition coefficient (Wildman–Crippen LogP) is -0.733. The summed E-state index contributed by atoms with van der Waals surface area (Å²) in [5.74, 6) is -1.12. The second-order valence-corrected chi connectivity index (χ2v) is 5.18. The van der Waals surface area contributed by atoms with Crippen molar-refractivity contribution in [3.8, 4) is 0 Å². The fourth-order valence-corrected chi connectivity index (χ4v) is 2.13. The molecule has 20 heavy (non-hydrogen) atoms. The molecule has 8 heteroatoms. The Kier molecular flexibility index (Phi) is 5.73. The van der Waals surface area contributed by atoms with E-state index in [9.17, 15) is 14.7 Å². The summed E-state index contributed by atoms with van der Waals surface area (Å²) in [5, 5.41) is 21.0. The minimum Gasteiger partial charge on any atom is -0.481 e. The van der Waals surface area contributed by atoms with Crippen LogP contribution in [0.1, 0.15) is 13.3 Å². The summed E-state index contributed by atoms with van der Waals surface area (Å²) in [6.07, 6.45) is -0.815. The number of ether oxygens (including phenoxy) is 2. The van der Waals surface area contributed by atoms with Crippen LogP contribution in [0.3, 0.4) is 0 Å². The molecule has 0 aromatic heterocycles. The summed E-state index contributed by atoms with van der Waals surface area (Å²) in [6.45, 7) is 2.01. The maximum absolute atomic E-state index is 11.9. The number of amides is 2. The van der Waals surface area contributed by atoms with E-state index in [1.807, 2.05) is 0 Å². The smallest absolute Gasteiger partial charge is 0.317 e. The van der Waals surface area contributed by atoms with Gasteiger partial charge in [0.2, 0.25) is 0 Å². The molecule has 1 aliphatic heterocycles. The first-order valence-electron chi connectivity index (χ1n) is 6.31. The van der Waals surface area contributed by atoms with Crippen molar-refractivity contribution < 1.29 is 29.3 Å². The molecule has 116 valence electrons. The number of rotatable bonds is 6. The molecule has 0 saturated carbocycles. The van der Waals surface area contributed by atoms with Crippen molar-refractivity contribution in [2.24, 2.45) is 0 Å². The van der Waals surface area contributed by atoms with Gasteiger partial charge in [-0.3, -0.25) is 4.79 Å². The number of nitrogens with zero attached hydrogens (tertiary/aromatic N) is 1. The quantitative estimate of drug-likeness (QED) is 0.595. The fourth-order valence-electron chi connectivity index (χ4n) is 2.13. The monoisotopic (exact) mass is 290 g/mol. The van der Waals surface area contributed by atoms with E-state index in [2.05, 4.69) is 5.32 Å². The van der Waals surface area contributed by atoms with Gasteiger partial charge in [-0.05, 0) is 6.92 Å². The van der Waals surface area contributed by atoms with Crippen LogP contribution in [-0.2, 0) is 14.3 Å². The zero-order valence-electron chi connectivity index (χ0n) is 12.0. The molecule has 1 heterocycles. The van der Waals surface area contributed by atoms with E-state index < -0.39 is 18.0 Å². The SMILES string of the molecule is COC1CN(C(=O)NCC(C)(O)CC(=O)O)CC1OC. The van der Waals surface area contributed by atoms with Gasteiger partial charge in [0.25, 0.3) is 0 Å². The number of carbonyl (C=O) groups is 2. The van der Waals surface area contributed by atoms with Gasteiger partial charge in [0.05, 0.1) is 25.1 Å². The predicted molar refractivity (Wildman–Crippen MR) is 69.4 cm³/mol. The number of hydrogen-bond donors (Lipinski definition) is 3. The summed E-state index contributed by atoms with van der Waals surface area (Å²) in [6, 6.07) is -0.378. The van der Waals surface area contributed by atoms with Crippen LogP contribution < -0.4 is 5.32 Å². The molecule has 3 atom stereocenters. The van der Waals surface area contributed by atoms with Crippen LogP contribution in [0.15, 0.2) is 0 Å². The minimum atomic E-state index is -1.48. The summed E-state index contributed by atoms with van der Waals surface area (Å²) < 4.78 is 10.4. The van der Waals surface area contributed by atoms with Crippen LogP contribution >= 0.6 is 0 Å². The normalized spacial score (nSPS) is 25.3. The number of hydrogen-bond acceptors (Lipinski definition) is 5. The van der Waals surface area contributed by atoms with E-state index in [-0.39, 0.29) is 24.8 Å². The number of carboxylic acids is 1. The van der Waals surface area contributed by atoms with E-state index in [1.165, 1.54) is 11.8 Å². The first-order chi connectivity index (χ1) is 9.29. The van der Waals surface area contributed by atoms with Crippen molar-refractivity contribution in [2.45, 2.75) is 31.2 Å². The molecule has 0 bridgehead atoms. The molecular weight excluding hydrogens is 268 g/mol. The Hall–Kier alpha value is -1.38. The van der Waals surface area contributed by atoms with Crippen molar-refractivity contribution >= 4 is 12.0 Å².